The monoisotopic (exact) mass is 355 g/mol. The van der Waals surface area contributed by atoms with E-state index in [1.54, 1.807) is 0 Å². The first-order chi connectivity index (χ1) is 11.5. The van der Waals surface area contributed by atoms with E-state index >= 15 is 0 Å². The van der Waals surface area contributed by atoms with Gasteiger partial charge in [-0.1, -0.05) is 13.8 Å². The van der Waals surface area contributed by atoms with Crippen LogP contribution in [0, 0.1) is 16.7 Å². The second-order valence-electron chi connectivity index (χ2n) is 9.84. The summed E-state index contributed by atoms with van der Waals surface area (Å²) in [6, 6.07) is 0. The van der Waals surface area contributed by atoms with Crippen LogP contribution in [-0.2, 0) is 9.53 Å². The standard InChI is InChI=1S/C18H29NO6/c1-16-3-9-4-17(2,6-16)8-18(5-9,7-16)19-14-12(22)10(20)11(21)13(25-14)15(23)24/h9-14,19-22H,3-8H2,1-2H3,(H,23,24)/t9?,10-,11-,12+,13-,14+,16-,17+,18?/m0/s1. The number of rotatable bonds is 3. The maximum atomic E-state index is 11.3. The van der Waals surface area contributed by atoms with Crippen molar-refractivity contribution in [1.82, 2.24) is 5.32 Å². The van der Waals surface area contributed by atoms with Gasteiger partial charge < -0.3 is 25.2 Å². The fourth-order valence-corrected chi connectivity index (χ4v) is 7.11. The first kappa shape index (κ1) is 17.7. The maximum Gasteiger partial charge on any atom is 0.335 e. The highest BCUT2D eigenvalue weighted by Gasteiger charge is 2.61. The summed E-state index contributed by atoms with van der Waals surface area (Å²) in [6.07, 6.45) is -0.529. The Bertz CT molecular complexity index is 564. The van der Waals surface area contributed by atoms with Gasteiger partial charge in [-0.05, 0) is 55.3 Å². The van der Waals surface area contributed by atoms with Crippen molar-refractivity contribution in [3.8, 4) is 0 Å². The Morgan fingerprint density at radius 3 is 2.08 bits per heavy atom. The van der Waals surface area contributed by atoms with Gasteiger partial charge in [-0.25, -0.2) is 4.79 Å². The number of carbonyl (C=O) groups is 1. The van der Waals surface area contributed by atoms with Crippen LogP contribution in [-0.4, -0.2) is 62.6 Å². The molecule has 4 saturated carbocycles. The molecule has 25 heavy (non-hydrogen) atoms. The normalized spacial score (nSPS) is 57.6. The van der Waals surface area contributed by atoms with Gasteiger partial charge in [0.1, 0.15) is 24.5 Å². The predicted molar refractivity (Wildman–Crippen MR) is 87.6 cm³/mol. The van der Waals surface area contributed by atoms with Gasteiger partial charge in [-0.2, -0.15) is 0 Å². The number of aliphatic hydroxyl groups excluding tert-OH is 3. The van der Waals surface area contributed by atoms with Crippen LogP contribution in [0.3, 0.4) is 0 Å². The third kappa shape index (κ3) is 2.80. The van der Waals surface area contributed by atoms with Crippen molar-refractivity contribution in [2.45, 2.75) is 88.6 Å². The van der Waals surface area contributed by atoms with Gasteiger partial charge in [0.15, 0.2) is 6.10 Å². The Kier molecular flexibility index (Phi) is 3.81. The lowest BCUT2D eigenvalue weighted by molar-refractivity contribution is -0.245. The summed E-state index contributed by atoms with van der Waals surface area (Å²) in [5.41, 5.74) is 0.301. The Balaban J connectivity index is 1.58. The Morgan fingerprint density at radius 2 is 1.56 bits per heavy atom. The summed E-state index contributed by atoms with van der Waals surface area (Å²) in [6.45, 7) is 4.64. The second-order valence-corrected chi connectivity index (χ2v) is 9.84. The Morgan fingerprint density at radius 1 is 0.960 bits per heavy atom. The lowest BCUT2D eigenvalue weighted by atomic mass is 9.42. The number of ether oxygens (including phenoxy) is 1. The molecule has 1 aliphatic heterocycles. The van der Waals surface area contributed by atoms with Crippen molar-refractivity contribution in [3.05, 3.63) is 0 Å². The van der Waals surface area contributed by atoms with E-state index in [2.05, 4.69) is 19.2 Å². The number of aliphatic carboxylic acids is 1. The third-order valence-electron chi connectivity index (χ3n) is 6.93. The summed E-state index contributed by atoms with van der Waals surface area (Å²) in [7, 11) is 0. The number of hydrogen-bond donors (Lipinski definition) is 5. The quantitative estimate of drug-likeness (QED) is 0.491. The highest BCUT2D eigenvalue weighted by molar-refractivity contribution is 5.73. The van der Waals surface area contributed by atoms with Gasteiger partial charge in [-0.15, -0.1) is 0 Å². The third-order valence-corrected chi connectivity index (χ3v) is 6.93. The SMILES string of the molecule is C[C@]12CC3CC(N[C@@H]4O[C@H](C(=O)O)[C@@H](O)[C@H](O)[C@H]4O)(C1)C[C@@](C)(C3)C2. The lowest BCUT2D eigenvalue weighted by Crippen LogP contribution is -2.71. The van der Waals surface area contributed by atoms with Crippen LogP contribution in [0.2, 0.25) is 0 Å². The van der Waals surface area contributed by atoms with E-state index in [1.165, 1.54) is 19.3 Å². The van der Waals surface area contributed by atoms with Crippen molar-refractivity contribution < 1.29 is 30.0 Å². The summed E-state index contributed by atoms with van der Waals surface area (Å²) < 4.78 is 5.48. The summed E-state index contributed by atoms with van der Waals surface area (Å²) in [5.74, 6) is -0.708. The van der Waals surface area contributed by atoms with Crippen molar-refractivity contribution in [2.24, 2.45) is 16.7 Å². The number of aliphatic hydroxyl groups is 3. The van der Waals surface area contributed by atoms with Crippen LogP contribution < -0.4 is 5.32 Å². The first-order valence-electron chi connectivity index (χ1n) is 9.24. The van der Waals surface area contributed by atoms with E-state index in [9.17, 15) is 25.2 Å². The molecule has 7 nitrogen and oxygen atoms in total. The van der Waals surface area contributed by atoms with Crippen LogP contribution in [0.4, 0.5) is 0 Å². The molecule has 9 atom stereocenters. The van der Waals surface area contributed by atoms with Crippen LogP contribution in [0.15, 0.2) is 0 Å². The molecule has 1 heterocycles. The average Bonchev–Trinajstić information content (AvgIpc) is 2.43. The first-order valence-corrected chi connectivity index (χ1v) is 9.24. The second kappa shape index (κ2) is 5.39. The van der Waals surface area contributed by atoms with Crippen molar-refractivity contribution in [1.29, 1.82) is 0 Å². The number of hydrogen-bond acceptors (Lipinski definition) is 6. The molecule has 7 heteroatoms. The van der Waals surface area contributed by atoms with Gasteiger partial charge in [0, 0.05) is 5.54 Å². The molecule has 142 valence electrons. The van der Waals surface area contributed by atoms with E-state index in [1.807, 2.05) is 0 Å². The van der Waals surface area contributed by atoms with E-state index in [0.29, 0.717) is 5.92 Å². The number of carboxylic acids is 1. The molecule has 0 amide bonds. The van der Waals surface area contributed by atoms with Crippen molar-refractivity contribution >= 4 is 5.97 Å². The zero-order valence-electron chi connectivity index (χ0n) is 14.8. The molecule has 0 aromatic rings. The van der Waals surface area contributed by atoms with Gasteiger partial charge in [0.25, 0.3) is 0 Å². The lowest BCUT2D eigenvalue weighted by Gasteiger charge is -2.66. The highest BCUT2D eigenvalue weighted by atomic mass is 16.6. The van der Waals surface area contributed by atoms with Gasteiger partial charge in [0.05, 0.1) is 0 Å². The minimum absolute atomic E-state index is 0.209. The molecule has 0 spiro atoms. The zero-order valence-corrected chi connectivity index (χ0v) is 14.8. The molecule has 2 unspecified atom stereocenters. The largest absolute Gasteiger partial charge is 0.479 e. The fourth-order valence-electron chi connectivity index (χ4n) is 7.11. The van der Waals surface area contributed by atoms with E-state index < -0.39 is 36.6 Å². The average molecular weight is 355 g/mol. The molecule has 0 radical (unpaired) electrons. The van der Waals surface area contributed by atoms with Crippen LogP contribution in [0.25, 0.3) is 0 Å². The van der Waals surface area contributed by atoms with Crippen LogP contribution >= 0.6 is 0 Å². The van der Waals surface area contributed by atoms with Gasteiger partial charge in [-0.3, -0.25) is 5.32 Å². The summed E-state index contributed by atoms with van der Waals surface area (Å²) >= 11 is 0. The molecule has 4 bridgehead atoms. The molecule has 0 aromatic heterocycles. The van der Waals surface area contributed by atoms with E-state index in [0.717, 1.165) is 19.3 Å². The van der Waals surface area contributed by atoms with E-state index in [-0.39, 0.29) is 16.4 Å². The minimum atomic E-state index is -1.64. The van der Waals surface area contributed by atoms with Crippen LogP contribution in [0.1, 0.15) is 52.4 Å². The molecular weight excluding hydrogens is 326 g/mol. The topological polar surface area (TPSA) is 119 Å². The molecule has 4 aliphatic carbocycles. The minimum Gasteiger partial charge on any atom is -0.479 e. The van der Waals surface area contributed by atoms with Crippen LogP contribution in [0.5, 0.6) is 0 Å². The molecule has 5 aliphatic rings. The smallest absolute Gasteiger partial charge is 0.335 e. The fraction of sp³-hybridized carbons (Fsp3) is 0.944. The summed E-state index contributed by atoms with van der Waals surface area (Å²) in [4.78, 5) is 11.3. The molecule has 0 aromatic carbocycles. The highest BCUT2D eigenvalue weighted by Crippen LogP contribution is 2.66. The van der Waals surface area contributed by atoms with E-state index in [4.69, 9.17) is 4.74 Å². The van der Waals surface area contributed by atoms with Gasteiger partial charge >= 0.3 is 5.97 Å². The molecule has 1 saturated heterocycles. The predicted octanol–water partition coefficient (Wildman–Crippen LogP) is 0.217. The maximum absolute atomic E-state index is 11.3. The molecule has 5 fully saturated rings. The van der Waals surface area contributed by atoms with Crippen molar-refractivity contribution in [3.63, 3.8) is 0 Å². The molecule has 5 rings (SSSR count). The van der Waals surface area contributed by atoms with Gasteiger partial charge in [0.2, 0.25) is 0 Å². The number of nitrogens with one attached hydrogen (secondary N) is 1. The summed E-state index contributed by atoms with van der Waals surface area (Å²) in [5, 5.41) is 42.9. The Hall–Kier alpha value is -0.730. The molecule has 5 N–H and O–H groups in total. The zero-order chi connectivity index (χ0) is 18.2. The molecular formula is C18H29NO6. The Labute approximate surface area is 147 Å². The van der Waals surface area contributed by atoms with Crippen molar-refractivity contribution in [2.75, 3.05) is 0 Å². The number of carboxylic acid groups (broad SMARTS) is 1.